The maximum absolute atomic E-state index is 6.09. The molecule has 1 aromatic heterocycles. The molecule has 2 rings (SSSR count). The zero-order valence-corrected chi connectivity index (χ0v) is 14.2. The lowest BCUT2D eigenvalue weighted by Crippen LogP contribution is -2.28. The second-order valence-electron chi connectivity index (χ2n) is 4.22. The molecule has 0 aliphatic carbocycles. The number of halogens is 3. The number of hydrogen-bond donors (Lipinski definition) is 2. The Morgan fingerprint density at radius 2 is 2.00 bits per heavy atom. The van der Waals surface area contributed by atoms with Crippen molar-refractivity contribution < 1.29 is 0 Å². The summed E-state index contributed by atoms with van der Waals surface area (Å²) in [7, 11) is 0. The molecule has 1 heterocycles. The molecule has 0 aliphatic heterocycles. The average molecular weight is 364 g/mol. The summed E-state index contributed by atoms with van der Waals surface area (Å²) in [5.41, 5.74) is 1.50. The van der Waals surface area contributed by atoms with Crippen molar-refractivity contribution in [3.05, 3.63) is 45.2 Å². The van der Waals surface area contributed by atoms with E-state index in [0.717, 1.165) is 17.9 Å². The first-order chi connectivity index (χ1) is 9.99. The van der Waals surface area contributed by atoms with Crippen LogP contribution in [-0.2, 0) is 13.1 Å². The standard InChI is InChI=1S/C13H13Cl3N4S/c1-2-20-7-11(16)12(19-20)6-17-13(21)18-8-3-4-9(14)10(15)5-8/h3-5,7H,2,6H2,1H3,(H2,17,18,21). The first kappa shape index (κ1) is 16.4. The average Bonchev–Trinajstić information content (AvgIpc) is 2.81. The van der Waals surface area contributed by atoms with Crippen molar-refractivity contribution in [2.75, 3.05) is 5.32 Å². The molecule has 0 atom stereocenters. The lowest BCUT2D eigenvalue weighted by molar-refractivity contribution is 0.643. The van der Waals surface area contributed by atoms with Crippen LogP contribution in [0.3, 0.4) is 0 Å². The fraction of sp³-hybridized carbons (Fsp3) is 0.231. The minimum Gasteiger partial charge on any atom is -0.357 e. The zero-order chi connectivity index (χ0) is 15.4. The van der Waals surface area contributed by atoms with Crippen molar-refractivity contribution >= 4 is 57.8 Å². The van der Waals surface area contributed by atoms with Gasteiger partial charge in [-0.05, 0) is 37.3 Å². The number of thiocarbonyl (C=S) groups is 1. The Hall–Kier alpha value is -1.01. The second-order valence-corrected chi connectivity index (χ2v) is 5.85. The van der Waals surface area contributed by atoms with E-state index >= 15 is 0 Å². The van der Waals surface area contributed by atoms with E-state index in [0.29, 0.717) is 26.7 Å². The van der Waals surface area contributed by atoms with Crippen LogP contribution in [0.5, 0.6) is 0 Å². The van der Waals surface area contributed by atoms with Crippen LogP contribution in [0, 0.1) is 0 Å². The van der Waals surface area contributed by atoms with Crippen molar-refractivity contribution in [2.24, 2.45) is 0 Å². The van der Waals surface area contributed by atoms with E-state index in [1.54, 1.807) is 29.1 Å². The van der Waals surface area contributed by atoms with Crippen LogP contribution in [0.2, 0.25) is 15.1 Å². The molecule has 0 radical (unpaired) electrons. The van der Waals surface area contributed by atoms with E-state index in [1.807, 2.05) is 6.92 Å². The van der Waals surface area contributed by atoms with Gasteiger partial charge in [-0.2, -0.15) is 5.10 Å². The van der Waals surface area contributed by atoms with E-state index in [4.69, 9.17) is 47.0 Å². The maximum Gasteiger partial charge on any atom is 0.171 e. The summed E-state index contributed by atoms with van der Waals surface area (Å²) in [6.07, 6.45) is 1.79. The molecule has 0 spiro atoms. The monoisotopic (exact) mass is 362 g/mol. The normalized spacial score (nSPS) is 10.5. The molecule has 21 heavy (non-hydrogen) atoms. The number of benzene rings is 1. The van der Waals surface area contributed by atoms with Gasteiger partial charge in [-0.15, -0.1) is 0 Å². The quantitative estimate of drug-likeness (QED) is 0.793. The van der Waals surface area contributed by atoms with E-state index in [2.05, 4.69) is 15.7 Å². The number of aromatic nitrogens is 2. The molecule has 0 amide bonds. The van der Waals surface area contributed by atoms with Crippen LogP contribution >= 0.6 is 47.0 Å². The first-order valence-corrected chi connectivity index (χ1v) is 7.75. The number of rotatable bonds is 4. The molecular formula is C13H13Cl3N4S. The molecule has 0 unspecified atom stereocenters. The summed E-state index contributed by atoms with van der Waals surface area (Å²) >= 11 is 23.1. The van der Waals surface area contributed by atoms with Crippen LogP contribution in [0.15, 0.2) is 24.4 Å². The lowest BCUT2D eigenvalue weighted by atomic mass is 10.3. The highest BCUT2D eigenvalue weighted by molar-refractivity contribution is 7.80. The van der Waals surface area contributed by atoms with Crippen LogP contribution in [0.1, 0.15) is 12.6 Å². The summed E-state index contributed by atoms with van der Waals surface area (Å²) in [4.78, 5) is 0. The summed E-state index contributed by atoms with van der Waals surface area (Å²) in [6.45, 7) is 3.21. The molecule has 112 valence electrons. The fourth-order valence-electron chi connectivity index (χ4n) is 1.63. The molecule has 0 saturated carbocycles. The van der Waals surface area contributed by atoms with E-state index < -0.39 is 0 Å². The highest BCUT2D eigenvalue weighted by Gasteiger charge is 2.07. The number of aryl methyl sites for hydroxylation is 1. The molecule has 0 aliphatic rings. The van der Waals surface area contributed by atoms with Gasteiger partial charge in [-0.3, -0.25) is 4.68 Å². The topological polar surface area (TPSA) is 41.9 Å². The predicted molar refractivity (Wildman–Crippen MR) is 92.4 cm³/mol. The first-order valence-electron chi connectivity index (χ1n) is 6.21. The smallest absolute Gasteiger partial charge is 0.171 e. The van der Waals surface area contributed by atoms with E-state index in [-0.39, 0.29) is 0 Å². The Labute approximate surface area is 143 Å². The molecule has 4 nitrogen and oxygen atoms in total. The van der Waals surface area contributed by atoms with Crippen LogP contribution in [-0.4, -0.2) is 14.9 Å². The zero-order valence-electron chi connectivity index (χ0n) is 11.2. The van der Waals surface area contributed by atoms with E-state index in [9.17, 15) is 0 Å². The number of nitrogens with zero attached hydrogens (tertiary/aromatic N) is 2. The van der Waals surface area contributed by atoms with Gasteiger partial charge in [0.2, 0.25) is 0 Å². The van der Waals surface area contributed by atoms with Gasteiger partial charge in [0.1, 0.15) is 5.69 Å². The Morgan fingerprint density at radius 1 is 1.24 bits per heavy atom. The summed E-state index contributed by atoms with van der Waals surface area (Å²) in [5, 5.41) is 12.4. The highest BCUT2D eigenvalue weighted by Crippen LogP contribution is 2.24. The van der Waals surface area contributed by atoms with E-state index in [1.165, 1.54) is 0 Å². The lowest BCUT2D eigenvalue weighted by Gasteiger charge is -2.10. The summed E-state index contributed by atoms with van der Waals surface area (Å²) in [5.74, 6) is 0. The largest absolute Gasteiger partial charge is 0.357 e. The van der Waals surface area contributed by atoms with Crippen molar-refractivity contribution in [1.82, 2.24) is 15.1 Å². The third kappa shape index (κ3) is 4.48. The molecule has 0 saturated heterocycles. The highest BCUT2D eigenvalue weighted by atomic mass is 35.5. The Balaban J connectivity index is 1.92. The van der Waals surface area contributed by atoms with Crippen molar-refractivity contribution in [3.63, 3.8) is 0 Å². The third-order valence-electron chi connectivity index (χ3n) is 2.71. The van der Waals surface area contributed by atoms with Gasteiger partial charge in [0.15, 0.2) is 5.11 Å². The minimum absolute atomic E-state index is 0.443. The van der Waals surface area contributed by atoms with Gasteiger partial charge in [0.05, 0.1) is 21.6 Å². The molecular weight excluding hydrogens is 351 g/mol. The number of hydrogen-bond acceptors (Lipinski definition) is 2. The van der Waals surface area contributed by atoms with Gasteiger partial charge in [-0.1, -0.05) is 34.8 Å². The SMILES string of the molecule is CCn1cc(Cl)c(CNC(=S)Nc2ccc(Cl)c(Cl)c2)n1. The number of nitrogens with one attached hydrogen (secondary N) is 2. The van der Waals surface area contributed by atoms with Gasteiger partial charge >= 0.3 is 0 Å². The van der Waals surface area contributed by atoms with Crippen LogP contribution in [0.25, 0.3) is 0 Å². The van der Waals surface area contributed by atoms with Gasteiger partial charge in [0, 0.05) is 18.4 Å². The van der Waals surface area contributed by atoms with Gasteiger partial charge in [-0.25, -0.2) is 0 Å². The Kier molecular flexibility index (Phi) is 5.70. The van der Waals surface area contributed by atoms with Crippen LogP contribution < -0.4 is 10.6 Å². The third-order valence-corrected chi connectivity index (χ3v) is 4.01. The molecule has 0 fully saturated rings. The van der Waals surface area contributed by atoms with Crippen molar-refractivity contribution in [1.29, 1.82) is 0 Å². The Morgan fingerprint density at radius 3 is 2.62 bits per heavy atom. The van der Waals surface area contributed by atoms with Crippen LogP contribution in [0.4, 0.5) is 5.69 Å². The summed E-state index contributed by atoms with van der Waals surface area (Å²) < 4.78 is 1.77. The predicted octanol–water partition coefficient (Wildman–Crippen LogP) is 4.35. The maximum atomic E-state index is 6.09. The molecule has 2 N–H and O–H groups in total. The van der Waals surface area contributed by atoms with Gasteiger partial charge < -0.3 is 10.6 Å². The fourth-order valence-corrected chi connectivity index (χ4v) is 2.34. The number of anilines is 1. The van der Waals surface area contributed by atoms with Gasteiger partial charge in [0.25, 0.3) is 0 Å². The molecule has 2 aromatic rings. The van der Waals surface area contributed by atoms with Crippen molar-refractivity contribution in [3.8, 4) is 0 Å². The van der Waals surface area contributed by atoms with Crippen molar-refractivity contribution in [2.45, 2.75) is 20.0 Å². The minimum atomic E-state index is 0.443. The Bertz CT molecular complexity index is 657. The molecule has 1 aromatic carbocycles. The molecule has 8 heteroatoms. The summed E-state index contributed by atoms with van der Waals surface area (Å²) in [6, 6.07) is 5.20. The second kappa shape index (κ2) is 7.31. The molecule has 0 bridgehead atoms.